The Morgan fingerprint density at radius 2 is 1.79 bits per heavy atom. The van der Waals surface area contributed by atoms with E-state index in [0.717, 1.165) is 57.2 Å². The number of hydrogen-bond acceptors (Lipinski definition) is 6. The van der Waals surface area contributed by atoms with E-state index in [9.17, 15) is 0 Å². The number of hydrogen-bond donors (Lipinski definition) is 0. The van der Waals surface area contributed by atoms with Crippen molar-refractivity contribution in [3.05, 3.63) is 59.8 Å². The standard InChI is InChI=1S/C32H41N5O2/c1-3-32-14-8-15-36-16-13-25-24-9-4-5-10-26(24)37(30(25)31(32)36)29(23-32)33-39-22-21-34-17-19-35(20-18-34)27-11-6-7-12-28(27)38-2/h4-7,9-12,31H,3,8,13-23H2,1-2H3. The van der Waals surface area contributed by atoms with Crippen LogP contribution in [-0.2, 0) is 11.3 Å². The molecule has 3 aromatic rings. The lowest BCUT2D eigenvalue weighted by Gasteiger charge is -2.55. The molecule has 0 aliphatic carbocycles. The molecule has 0 radical (unpaired) electrons. The number of nitrogens with zero attached hydrogens (tertiary/aromatic N) is 5. The minimum absolute atomic E-state index is 0.259. The normalized spacial score (nSPS) is 26.2. The third-order valence-electron chi connectivity index (χ3n) is 9.93. The Balaban J connectivity index is 1.08. The van der Waals surface area contributed by atoms with Crippen LogP contribution in [0, 0.1) is 5.41 Å². The highest BCUT2D eigenvalue weighted by Crippen LogP contribution is 2.57. The molecular weight excluding hydrogens is 486 g/mol. The topological polar surface area (TPSA) is 45.5 Å². The molecule has 7 heteroatoms. The number of para-hydroxylation sites is 3. The maximum absolute atomic E-state index is 6.13. The molecule has 0 N–H and O–H groups in total. The lowest BCUT2D eigenvalue weighted by Crippen LogP contribution is -2.53. The van der Waals surface area contributed by atoms with Crippen LogP contribution < -0.4 is 9.64 Å². The van der Waals surface area contributed by atoms with Gasteiger partial charge >= 0.3 is 0 Å². The van der Waals surface area contributed by atoms with Crippen LogP contribution in [0.4, 0.5) is 5.69 Å². The molecule has 4 aliphatic rings. The zero-order chi connectivity index (χ0) is 26.4. The van der Waals surface area contributed by atoms with Crippen LogP contribution in [0.2, 0.25) is 0 Å². The second-order valence-electron chi connectivity index (χ2n) is 11.7. The first-order valence-corrected chi connectivity index (χ1v) is 14.9. The molecule has 0 bridgehead atoms. The smallest absolute Gasteiger partial charge is 0.153 e. The Bertz CT molecular complexity index is 1370. The van der Waals surface area contributed by atoms with Gasteiger partial charge in [0.05, 0.1) is 24.4 Å². The van der Waals surface area contributed by atoms with Crippen LogP contribution in [0.5, 0.6) is 5.75 Å². The van der Waals surface area contributed by atoms with Crippen molar-refractivity contribution in [1.82, 2.24) is 14.4 Å². The van der Waals surface area contributed by atoms with Crippen LogP contribution in [0.1, 0.15) is 49.9 Å². The van der Waals surface area contributed by atoms with Gasteiger partial charge in [0.2, 0.25) is 0 Å². The summed E-state index contributed by atoms with van der Waals surface area (Å²) in [6.07, 6.45) is 5.88. The minimum Gasteiger partial charge on any atom is -0.495 e. The lowest BCUT2D eigenvalue weighted by atomic mass is 9.64. The summed E-state index contributed by atoms with van der Waals surface area (Å²) >= 11 is 0. The Kier molecular flexibility index (Phi) is 6.52. The zero-order valence-corrected chi connectivity index (χ0v) is 23.4. The van der Waals surface area contributed by atoms with Gasteiger partial charge < -0.3 is 14.5 Å². The third-order valence-corrected chi connectivity index (χ3v) is 9.93. The Morgan fingerprint density at radius 3 is 2.64 bits per heavy atom. The van der Waals surface area contributed by atoms with Gasteiger partial charge in [-0.1, -0.05) is 42.4 Å². The van der Waals surface area contributed by atoms with Crippen molar-refractivity contribution in [2.75, 3.05) is 64.4 Å². The Labute approximate surface area is 231 Å². The molecule has 206 valence electrons. The molecule has 2 atom stereocenters. The predicted molar refractivity (Wildman–Crippen MR) is 157 cm³/mol. The number of piperidine rings is 1. The zero-order valence-electron chi connectivity index (χ0n) is 23.4. The first-order chi connectivity index (χ1) is 19.2. The molecule has 0 spiro atoms. The predicted octanol–water partition coefficient (Wildman–Crippen LogP) is 5.14. The van der Waals surface area contributed by atoms with Crippen LogP contribution in [0.15, 0.2) is 53.7 Å². The number of oxime groups is 1. The monoisotopic (exact) mass is 527 g/mol. The van der Waals surface area contributed by atoms with E-state index in [1.54, 1.807) is 12.7 Å². The van der Waals surface area contributed by atoms with Gasteiger partial charge in [-0.25, -0.2) is 0 Å². The molecule has 0 saturated carbocycles. The van der Waals surface area contributed by atoms with Crippen molar-refractivity contribution >= 4 is 22.4 Å². The summed E-state index contributed by atoms with van der Waals surface area (Å²) in [4.78, 5) is 13.8. The fraction of sp³-hybridized carbons (Fsp3) is 0.531. The van der Waals surface area contributed by atoms with Gasteiger partial charge in [-0.3, -0.25) is 14.4 Å². The largest absolute Gasteiger partial charge is 0.495 e. The molecular formula is C32H41N5O2. The van der Waals surface area contributed by atoms with Crippen molar-refractivity contribution in [2.24, 2.45) is 10.6 Å². The second-order valence-corrected chi connectivity index (χ2v) is 11.7. The fourth-order valence-electron chi connectivity index (χ4n) is 7.94. The second kappa shape index (κ2) is 10.2. The van der Waals surface area contributed by atoms with Crippen molar-refractivity contribution < 1.29 is 9.57 Å². The van der Waals surface area contributed by atoms with Gasteiger partial charge in [0, 0.05) is 56.8 Å². The van der Waals surface area contributed by atoms with Crippen LogP contribution in [0.25, 0.3) is 10.9 Å². The van der Waals surface area contributed by atoms with Crippen LogP contribution in [0.3, 0.4) is 0 Å². The molecule has 1 aromatic heterocycles. The van der Waals surface area contributed by atoms with Gasteiger partial charge in [-0.15, -0.1) is 0 Å². The summed E-state index contributed by atoms with van der Waals surface area (Å²) in [5.41, 5.74) is 5.80. The van der Waals surface area contributed by atoms with Gasteiger partial charge in [-0.05, 0) is 61.4 Å². The van der Waals surface area contributed by atoms with Crippen LogP contribution in [-0.4, -0.2) is 79.7 Å². The number of anilines is 1. The highest BCUT2D eigenvalue weighted by Gasteiger charge is 2.52. The maximum Gasteiger partial charge on any atom is 0.153 e. The number of fused-ring (bicyclic) bond motifs is 3. The Hall–Kier alpha value is -3.03. The first kappa shape index (κ1) is 25.0. The summed E-state index contributed by atoms with van der Waals surface area (Å²) in [5, 5.41) is 6.31. The third kappa shape index (κ3) is 4.13. The molecule has 0 amide bonds. The van der Waals surface area contributed by atoms with Crippen LogP contribution >= 0.6 is 0 Å². The fourth-order valence-corrected chi connectivity index (χ4v) is 7.94. The Morgan fingerprint density at radius 1 is 0.974 bits per heavy atom. The molecule has 5 heterocycles. The van der Waals surface area contributed by atoms with E-state index in [2.05, 4.69) is 62.6 Å². The summed E-state index contributed by atoms with van der Waals surface area (Å²) in [7, 11) is 1.75. The molecule has 2 aromatic carbocycles. The van der Waals surface area contributed by atoms with E-state index in [1.807, 2.05) is 12.1 Å². The number of piperazine rings is 1. The summed E-state index contributed by atoms with van der Waals surface area (Å²) < 4.78 is 8.06. The lowest BCUT2D eigenvalue weighted by molar-refractivity contribution is -0.00499. The number of methoxy groups -OCH3 is 1. The number of benzene rings is 2. The van der Waals surface area contributed by atoms with Crippen molar-refractivity contribution in [3.8, 4) is 5.75 Å². The summed E-state index contributed by atoms with van der Waals surface area (Å²) in [6, 6.07) is 17.8. The van der Waals surface area contributed by atoms with E-state index in [1.165, 1.54) is 54.6 Å². The molecule has 2 saturated heterocycles. The van der Waals surface area contributed by atoms with E-state index >= 15 is 0 Å². The minimum atomic E-state index is 0.259. The summed E-state index contributed by atoms with van der Waals surface area (Å²) in [5.74, 6) is 2.06. The van der Waals surface area contributed by atoms with E-state index in [0.29, 0.717) is 12.6 Å². The average Bonchev–Trinajstić information content (AvgIpc) is 3.34. The molecule has 7 nitrogen and oxygen atoms in total. The number of ether oxygens (including phenoxy) is 1. The molecule has 2 unspecified atom stereocenters. The average molecular weight is 528 g/mol. The quantitative estimate of drug-likeness (QED) is 0.314. The van der Waals surface area contributed by atoms with Gasteiger partial charge in [0.15, 0.2) is 5.84 Å². The first-order valence-electron chi connectivity index (χ1n) is 14.9. The molecule has 4 aliphatic heterocycles. The van der Waals surface area contributed by atoms with Gasteiger partial charge in [-0.2, -0.15) is 0 Å². The summed E-state index contributed by atoms with van der Waals surface area (Å²) in [6.45, 7) is 10.3. The highest BCUT2D eigenvalue weighted by atomic mass is 16.6. The van der Waals surface area contributed by atoms with Gasteiger partial charge in [0.1, 0.15) is 12.4 Å². The van der Waals surface area contributed by atoms with Gasteiger partial charge in [0.25, 0.3) is 0 Å². The SMILES string of the molecule is CCC12CCCN3CCc4c(n(c5ccccc45)C(=NOCCN4CCN(c5ccccc5OC)CC4)C1)C32. The van der Waals surface area contributed by atoms with Crippen molar-refractivity contribution in [2.45, 2.75) is 45.1 Å². The molecule has 2 fully saturated rings. The van der Waals surface area contributed by atoms with Crippen molar-refractivity contribution in [1.29, 1.82) is 0 Å². The molecule has 39 heavy (non-hydrogen) atoms. The number of aromatic nitrogens is 1. The highest BCUT2D eigenvalue weighted by molar-refractivity contribution is 6.00. The van der Waals surface area contributed by atoms with E-state index < -0.39 is 0 Å². The van der Waals surface area contributed by atoms with Crippen molar-refractivity contribution in [3.63, 3.8) is 0 Å². The van der Waals surface area contributed by atoms with E-state index in [4.69, 9.17) is 14.7 Å². The molecule has 7 rings (SSSR count). The maximum atomic E-state index is 6.13. The number of rotatable bonds is 7. The van der Waals surface area contributed by atoms with E-state index in [-0.39, 0.29) is 5.41 Å².